The molecule has 1 amide bonds. The van der Waals surface area contributed by atoms with Gasteiger partial charge in [-0.1, -0.05) is 0 Å². The molecule has 0 saturated heterocycles. The monoisotopic (exact) mass is 241 g/mol. The number of aliphatic hydroxyl groups excluding tert-OH is 1. The fraction of sp³-hybridized carbons (Fsp3) is 0.417. The van der Waals surface area contributed by atoms with Gasteiger partial charge in [0.25, 0.3) is 5.91 Å². The Bertz CT molecular complexity index is 395. The molecule has 0 spiro atoms. The highest BCUT2D eigenvalue weighted by atomic mass is 19.1. The number of hydrogen-bond donors (Lipinski definition) is 2. The lowest BCUT2D eigenvalue weighted by Crippen LogP contribution is -2.40. The summed E-state index contributed by atoms with van der Waals surface area (Å²) < 4.78 is 17.7. The van der Waals surface area contributed by atoms with Gasteiger partial charge in [0.2, 0.25) is 0 Å². The Labute approximate surface area is 99.4 Å². The van der Waals surface area contributed by atoms with Crippen LogP contribution < -0.4 is 5.32 Å². The van der Waals surface area contributed by atoms with E-state index in [4.69, 9.17) is 9.84 Å². The molecule has 0 bridgehead atoms. The van der Waals surface area contributed by atoms with Gasteiger partial charge in [-0.15, -0.1) is 0 Å². The second kappa shape index (κ2) is 6.32. The first-order valence-electron chi connectivity index (χ1n) is 5.25. The fourth-order valence-electron chi connectivity index (χ4n) is 1.49. The Kier molecular flexibility index (Phi) is 5.06. The largest absolute Gasteiger partial charge is 0.394 e. The number of aliphatic hydroxyl groups is 1. The molecule has 5 heteroatoms. The number of ether oxygens (including phenoxy) is 1. The molecule has 0 aliphatic rings. The summed E-state index contributed by atoms with van der Waals surface area (Å²) in [5, 5.41) is 11.6. The van der Waals surface area contributed by atoms with E-state index in [1.165, 1.54) is 25.3 Å². The summed E-state index contributed by atoms with van der Waals surface area (Å²) in [4.78, 5) is 11.8. The summed E-state index contributed by atoms with van der Waals surface area (Å²) in [6.45, 7) is 1.67. The molecule has 1 atom stereocenters. The number of methoxy groups -OCH3 is 1. The maximum Gasteiger partial charge on any atom is 0.251 e. The van der Waals surface area contributed by atoms with Gasteiger partial charge in [-0.05, 0) is 30.7 Å². The lowest BCUT2D eigenvalue weighted by Gasteiger charge is -2.16. The van der Waals surface area contributed by atoms with Crippen molar-refractivity contribution < 1.29 is 19.0 Å². The number of amides is 1. The Balaban J connectivity index is 2.75. The van der Waals surface area contributed by atoms with Crippen LogP contribution in [0.4, 0.5) is 4.39 Å². The summed E-state index contributed by atoms with van der Waals surface area (Å²) >= 11 is 0. The predicted molar refractivity (Wildman–Crippen MR) is 61.4 cm³/mol. The zero-order valence-corrected chi connectivity index (χ0v) is 9.87. The number of carbonyl (C=O) groups is 1. The highest BCUT2D eigenvalue weighted by Crippen LogP contribution is 2.10. The molecule has 0 aliphatic heterocycles. The van der Waals surface area contributed by atoms with Crippen LogP contribution in [0.1, 0.15) is 15.9 Å². The van der Waals surface area contributed by atoms with Gasteiger partial charge in [-0.2, -0.15) is 0 Å². The summed E-state index contributed by atoms with van der Waals surface area (Å²) in [5.41, 5.74) is 0.942. The minimum absolute atomic E-state index is 0.209. The number of benzene rings is 1. The SMILES string of the molecule is COCC(CO)NC(=O)c1ccc(F)cc1C. The molecule has 1 aromatic carbocycles. The number of halogens is 1. The van der Waals surface area contributed by atoms with Crippen LogP contribution in [-0.4, -0.2) is 37.4 Å². The minimum Gasteiger partial charge on any atom is -0.394 e. The van der Waals surface area contributed by atoms with Crippen LogP contribution in [0.25, 0.3) is 0 Å². The van der Waals surface area contributed by atoms with E-state index in [0.717, 1.165) is 0 Å². The van der Waals surface area contributed by atoms with Crippen molar-refractivity contribution in [1.29, 1.82) is 0 Å². The molecule has 1 aromatic rings. The van der Waals surface area contributed by atoms with E-state index in [2.05, 4.69) is 5.32 Å². The molecular weight excluding hydrogens is 225 g/mol. The lowest BCUT2D eigenvalue weighted by molar-refractivity contribution is 0.0839. The average molecular weight is 241 g/mol. The van der Waals surface area contributed by atoms with Crippen LogP contribution in [0.5, 0.6) is 0 Å². The smallest absolute Gasteiger partial charge is 0.251 e. The number of aryl methyl sites for hydroxylation is 1. The van der Waals surface area contributed by atoms with Crippen LogP contribution in [0.15, 0.2) is 18.2 Å². The molecule has 0 fully saturated rings. The Morgan fingerprint density at radius 1 is 1.59 bits per heavy atom. The molecule has 0 radical (unpaired) electrons. The van der Waals surface area contributed by atoms with Crippen molar-refractivity contribution in [2.45, 2.75) is 13.0 Å². The van der Waals surface area contributed by atoms with Crippen molar-refractivity contribution >= 4 is 5.91 Å². The first-order chi connectivity index (χ1) is 8.08. The molecule has 4 nitrogen and oxygen atoms in total. The molecule has 0 aromatic heterocycles. The first-order valence-corrected chi connectivity index (χ1v) is 5.25. The number of hydrogen-bond acceptors (Lipinski definition) is 3. The normalized spacial score (nSPS) is 12.2. The summed E-state index contributed by atoms with van der Waals surface area (Å²) in [6, 6.07) is 3.48. The Morgan fingerprint density at radius 3 is 2.82 bits per heavy atom. The van der Waals surface area contributed by atoms with Crippen molar-refractivity contribution in [3.8, 4) is 0 Å². The Hall–Kier alpha value is -1.46. The molecule has 1 rings (SSSR count). The van der Waals surface area contributed by atoms with Gasteiger partial charge in [0, 0.05) is 12.7 Å². The number of nitrogens with one attached hydrogen (secondary N) is 1. The summed E-state index contributed by atoms with van der Waals surface area (Å²) in [5.74, 6) is -0.728. The quantitative estimate of drug-likeness (QED) is 0.804. The molecule has 17 heavy (non-hydrogen) atoms. The van der Waals surface area contributed by atoms with E-state index >= 15 is 0 Å². The van der Waals surface area contributed by atoms with Crippen LogP contribution in [0, 0.1) is 12.7 Å². The third kappa shape index (κ3) is 3.80. The zero-order valence-electron chi connectivity index (χ0n) is 9.87. The maximum absolute atomic E-state index is 12.9. The predicted octanol–water partition coefficient (Wildman–Crippen LogP) is 0.871. The third-order valence-corrected chi connectivity index (χ3v) is 2.36. The first kappa shape index (κ1) is 13.6. The second-order valence-corrected chi connectivity index (χ2v) is 3.77. The fourth-order valence-corrected chi connectivity index (χ4v) is 1.49. The highest BCUT2D eigenvalue weighted by Gasteiger charge is 2.14. The van der Waals surface area contributed by atoms with E-state index in [-0.39, 0.29) is 24.9 Å². The van der Waals surface area contributed by atoms with E-state index < -0.39 is 6.04 Å². The van der Waals surface area contributed by atoms with Crippen molar-refractivity contribution in [3.63, 3.8) is 0 Å². The molecular formula is C12H16FNO3. The zero-order chi connectivity index (χ0) is 12.8. The summed E-state index contributed by atoms with van der Waals surface area (Å²) in [6.07, 6.45) is 0. The van der Waals surface area contributed by atoms with Gasteiger partial charge in [-0.3, -0.25) is 4.79 Å². The second-order valence-electron chi connectivity index (χ2n) is 3.77. The van der Waals surface area contributed by atoms with Crippen LogP contribution >= 0.6 is 0 Å². The van der Waals surface area contributed by atoms with Crippen molar-refractivity contribution in [3.05, 3.63) is 35.1 Å². The van der Waals surface area contributed by atoms with E-state index in [1.807, 2.05) is 0 Å². The molecule has 94 valence electrons. The maximum atomic E-state index is 12.9. The van der Waals surface area contributed by atoms with E-state index in [9.17, 15) is 9.18 Å². The number of rotatable bonds is 5. The van der Waals surface area contributed by atoms with E-state index in [1.54, 1.807) is 6.92 Å². The molecule has 0 aliphatic carbocycles. The highest BCUT2D eigenvalue weighted by molar-refractivity contribution is 5.95. The van der Waals surface area contributed by atoms with Crippen molar-refractivity contribution in [2.75, 3.05) is 20.3 Å². The van der Waals surface area contributed by atoms with Gasteiger partial charge >= 0.3 is 0 Å². The standard InChI is InChI=1S/C12H16FNO3/c1-8-5-9(13)3-4-11(8)12(16)14-10(6-15)7-17-2/h3-5,10,15H,6-7H2,1-2H3,(H,14,16). The van der Waals surface area contributed by atoms with Gasteiger partial charge < -0.3 is 15.2 Å². The van der Waals surface area contributed by atoms with Gasteiger partial charge in [-0.25, -0.2) is 4.39 Å². The number of carbonyl (C=O) groups excluding carboxylic acids is 1. The van der Waals surface area contributed by atoms with Gasteiger partial charge in [0.05, 0.1) is 19.3 Å². The van der Waals surface area contributed by atoms with Crippen molar-refractivity contribution in [2.24, 2.45) is 0 Å². The van der Waals surface area contributed by atoms with Gasteiger partial charge in [0.15, 0.2) is 0 Å². The van der Waals surface area contributed by atoms with Crippen LogP contribution in [0.3, 0.4) is 0 Å². The van der Waals surface area contributed by atoms with Crippen LogP contribution in [-0.2, 0) is 4.74 Å². The van der Waals surface area contributed by atoms with Crippen LogP contribution in [0.2, 0.25) is 0 Å². The molecule has 0 heterocycles. The van der Waals surface area contributed by atoms with Gasteiger partial charge in [0.1, 0.15) is 5.82 Å². The summed E-state index contributed by atoms with van der Waals surface area (Å²) in [7, 11) is 1.48. The third-order valence-electron chi connectivity index (χ3n) is 2.36. The molecule has 1 unspecified atom stereocenters. The molecule has 2 N–H and O–H groups in total. The Morgan fingerprint density at radius 2 is 2.29 bits per heavy atom. The lowest BCUT2D eigenvalue weighted by atomic mass is 10.1. The van der Waals surface area contributed by atoms with E-state index in [0.29, 0.717) is 11.1 Å². The molecule has 0 saturated carbocycles. The van der Waals surface area contributed by atoms with Crippen molar-refractivity contribution in [1.82, 2.24) is 5.32 Å². The topological polar surface area (TPSA) is 58.6 Å². The average Bonchev–Trinajstić information content (AvgIpc) is 2.28. The minimum atomic E-state index is -0.461.